The molecule has 0 spiro atoms. The van der Waals surface area contributed by atoms with Gasteiger partial charge in [-0.05, 0) is 31.7 Å². The normalized spacial score (nSPS) is 17.8. The molecule has 170 valence electrons. The molecule has 0 radical (unpaired) electrons. The second kappa shape index (κ2) is 12.3. The highest BCUT2D eigenvalue weighted by atomic mass is 35.5. The number of aliphatic hydroxyl groups is 1. The standard InChI is InChI=1S/C22H29ClNO5PS/c23-22-18-7-3-4-8-19(18)31-20(22)12-11-17(25)10-9-16-15-21(26)24(16)13-5-1-2-6-14-29-30(27)28/h3-4,7-10,16-17,25,27-28H,1-2,5-6,11-15H2/b10-9+/t16-,17?/m0/s1. The van der Waals surface area contributed by atoms with E-state index >= 15 is 0 Å². The van der Waals surface area contributed by atoms with Gasteiger partial charge in [0, 0.05) is 21.5 Å². The Morgan fingerprint density at radius 3 is 2.77 bits per heavy atom. The monoisotopic (exact) mass is 485 g/mol. The number of hydrogen-bond donors (Lipinski definition) is 3. The van der Waals surface area contributed by atoms with Crippen LogP contribution in [0.5, 0.6) is 0 Å². The second-order valence-corrected chi connectivity index (χ2v) is 9.96. The number of aliphatic hydroxyl groups excluding tert-OH is 1. The van der Waals surface area contributed by atoms with E-state index in [9.17, 15) is 9.90 Å². The molecule has 6 nitrogen and oxygen atoms in total. The van der Waals surface area contributed by atoms with Crippen molar-refractivity contribution in [3.8, 4) is 0 Å². The smallest absolute Gasteiger partial charge is 0.327 e. The first-order valence-electron chi connectivity index (χ1n) is 10.6. The van der Waals surface area contributed by atoms with E-state index in [1.807, 2.05) is 29.2 Å². The van der Waals surface area contributed by atoms with Crippen molar-refractivity contribution >= 4 is 47.5 Å². The van der Waals surface area contributed by atoms with Crippen molar-refractivity contribution in [1.29, 1.82) is 0 Å². The summed E-state index contributed by atoms with van der Waals surface area (Å²) in [6.45, 7) is 1.05. The highest BCUT2D eigenvalue weighted by Gasteiger charge is 2.33. The molecule has 1 unspecified atom stereocenters. The number of carbonyl (C=O) groups is 1. The number of likely N-dealkylation sites (tertiary alicyclic amines) is 1. The summed E-state index contributed by atoms with van der Waals surface area (Å²) in [4.78, 5) is 32.2. The van der Waals surface area contributed by atoms with E-state index in [4.69, 9.17) is 25.9 Å². The van der Waals surface area contributed by atoms with Crippen LogP contribution in [0, 0.1) is 0 Å². The Bertz CT molecular complexity index is 890. The van der Waals surface area contributed by atoms with Gasteiger partial charge in [-0.25, -0.2) is 0 Å². The van der Waals surface area contributed by atoms with Gasteiger partial charge in [0.1, 0.15) is 0 Å². The Balaban J connectivity index is 1.37. The van der Waals surface area contributed by atoms with Gasteiger partial charge in [-0.15, -0.1) is 11.3 Å². The largest absolute Gasteiger partial charge is 0.389 e. The number of rotatable bonds is 13. The van der Waals surface area contributed by atoms with Crippen molar-refractivity contribution in [2.75, 3.05) is 13.2 Å². The lowest BCUT2D eigenvalue weighted by Crippen LogP contribution is -2.51. The van der Waals surface area contributed by atoms with Crippen molar-refractivity contribution in [3.05, 3.63) is 46.3 Å². The lowest BCUT2D eigenvalue weighted by atomic mass is 9.99. The molecule has 31 heavy (non-hydrogen) atoms. The highest BCUT2D eigenvalue weighted by molar-refractivity contribution is 7.39. The van der Waals surface area contributed by atoms with E-state index in [1.165, 1.54) is 0 Å². The van der Waals surface area contributed by atoms with Gasteiger partial charge in [0.2, 0.25) is 5.91 Å². The Morgan fingerprint density at radius 2 is 2.03 bits per heavy atom. The van der Waals surface area contributed by atoms with Gasteiger partial charge in [-0.3, -0.25) is 4.79 Å². The van der Waals surface area contributed by atoms with Gasteiger partial charge in [0.25, 0.3) is 0 Å². The summed E-state index contributed by atoms with van der Waals surface area (Å²) in [7, 11) is -2.26. The molecule has 0 aliphatic carbocycles. The zero-order chi connectivity index (χ0) is 22.2. The molecule has 1 aromatic carbocycles. The minimum Gasteiger partial charge on any atom is -0.389 e. The van der Waals surface area contributed by atoms with Gasteiger partial charge >= 0.3 is 8.60 Å². The molecule has 0 saturated carbocycles. The van der Waals surface area contributed by atoms with E-state index in [0.29, 0.717) is 26.0 Å². The average Bonchev–Trinajstić information content (AvgIpc) is 3.07. The van der Waals surface area contributed by atoms with Crippen LogP contribution in [-0.2, 0) is 15.7 Å². The number of unbranched alkanes of at least 4 members (excludes halogenated alkanes) is 3. The number of β-lactam (4-membered cyclic amide) rings is 1. The SMILES string of the molecule is O=C1C[C@H](/C=C/C(O)CCc2sc3ccccc3c2Cl)N1CCCCCCOP(O)O. The molecule has 2 aromatic rings. The number of aryl methyl sites for hydroxylation is 1. The van der Waals surface area contributed by atoms with Crippen LogP contribution in [0.25, 0.3) is 10.1 Å². The zero-order valence-electron chi connectivity index (χ0n) is 17.3. The third-order valence-electron chi connectivity index (χ3n) is 5.43. The molecule has 3 N–H and O–H groups in total. The lowest BCUT2D eigenvalue weighted by Gasteiger charge is -2.39. The molecule has 1 fully saturated rings. The maximum absolute atomic E-state index is 11.9. The van der Waals surface area contributed by atoms with Crippen LogP contribution in [0.15, 0.2) is 36.4 Å². The number of halogens is 1. The number of hydrogen-bond acceptors (Lipinski definition) is 6. The van der Waals surface area contributed by atoms with E-state index < -0.39 is 14.7 Å². The molecule has 1 amide bonds. The highest BCUT2D eigenvalue weighted by Crippen LogP contribution is 2.36. The summed E-state index contributed by atoms with van der Waals surface area (Å²) in [5.74, 6) is 0.149. The predicted octanol–water partition coefficient (Wildman–Crippen LogP) is 4.79. The topological polar surface area (TPSA) is 90.2 Å². The van der Waals surface area contributed by atoms with Crippen molar-refractivity contribution in [1.82, 2.24) is 4.90 Å². The van der Waals surface area contributed by atoms with Crippen molar-refractivity contribution in [2.24, 2.45) is 0 Å². The number of carbonyl (C=O) groups excluding carboxylic acids is 1. The van der Waals surface area contributed by atoms with Crippen molar-refractivity contribution in [2.45, 2.75) is 57.1 Å². The zero-order valence-corrected chi connectivity index (χ0v) is 19.8. The lowest BCUT2D eigenvalue weighted by molar-refractivity contribution is -0.143. The summed E-state index contributed by atoms with van der Waals surface area (Å²) in [6.07, 6.45) is 8.52. The summed E-state index contributed by atoms with van der Waals surface area (Å²) >= 11 is 8.15. The number of thiophene rings is 1. The quantitative estimate of drug-likeness (QED) is 0.164. The van der Waals surface area contributed by atoms with Crippen molar-refractivity contribution in [3.63, 3.8) is 0 Å². The summed E-state index contributed by atoms with van der Waals surface area (Å²) in [5.41, 5.74) is 0. The van der Waals surface area contributed by atoms with Crippen LogP contribution >= 0.6 is 31.5 Å². The van der Waals surface area contributed by atoms with Crippen LogP contribution in [0.3, 0.4) is 0 Å². The van der Waals surface area contributed by atoms with Crippen LogP contribution in [0.2, 0.25) is 5.02 Å². The first kappa shape index (κ1) is 24.6. The Labute approximate surface area is 193 Å². The minimum atomic E-state index is -2.26. The molecular formula is C22H29ClNO5PS. The molecule has 3 rings (SSSR count). The van der Waals surface area contributed by atoms with Gasteiger partial charge in [0.05, 0.1) is 30.2 Å². The van der Waals surface area contributed by atoms with Crippen LogP contribution < -0.4 is 0 Å². The fourth-order valence-corrected chi connectivity index (χ4v) is 5.52. The van der Waals surface area contributed by atoms with Crippen LogP contribution in [0.1, 0.15) is 43.4 Å². The minimum absolute atomic E-state index is 0.0609. The summed E-state index contributed by atoms with van der Waals surface area (Å²) < 4.78 is 5.89. The summed E-state index contributed by atoms with van der Waals surface area (Å²) in [5, 5.41) is 12.2. The van der Waals surface area contributed by atoms with Gasteiger partial charge in [0.15, 0.2) is 0 Å². The molecule has 0 bridgehead atoms. The van der Waals surface area contributed by atoms with Gasteiger partial charge < -0.3 is 24.3 Å². The maximum atomic E-state index is 11.9. The third kappa shape index (κ3) is 7.22. The molecule has 1 saturated heterocycles. The number of amides is 1. The van der Waals surface area contributed by atoms with Gasteiger partial charge in [-0.2, -0.15) is 0 Å². The third-order valence-corrected chi connectivity index (χ3v) is 7.62. The predicted molar refractivity (Wildman–Crippen MR) is 126 cm³/mol. The fraction of sp³-hybridized carbons (Fsp3) is 0.500. The van der Waals surface area contributed by atoms with Crippen LogP contribution in [0.4, 0.5) is 0 Å². The van der Waals surface area contributed by atoms with Crippen LogP contribution in [-0.4, -0.2) is 51.0 Å². The second-order valence-electron chi connectivity index (χ2n) is 7.69. The Hall–Kier alpha value is -1.05. The first-order chi connectivity index (χ1) is 15.0. The van der Waals surface area contributed by atoms with E-state index in [0.717, 1.165) is 52.1 Å². The fourth-order valence-electron chi connectivity index (χ4n) is 3.68. The molecule has 9 heteroatoms. The number of nitrogens with zero attached hydrogens (tertiary/aromatic N) is 1. The Kier molecular flexibility index (Phi) is 9.72. The Morgan fingerprint density at radius 1 is 1.26 bits per heavy atom. The molecule has 1 aliphatic rings. The molecule has 2 heterocycles. The molecule has 1 aliphatic heterocycles. The summed E-state index contributed by atoms with van der Waals surface area (Å²) in [6, 6.07) is 8.11. The van der Waals surface area contributed by atoms with Gasteiger partial charge in [-0.1, -0.05) is 54.8 Å². The molecular weight excluding hydrogens is 457 g/mol. The number of fused-ring (bicyclic) bond motifs is 1. The maximum Gasteiger partial charge on any atom is 0.327 e. The average molecular weight is 486 g/mol. The van der Waals surface area contributed by atoms with Crippen molar-refractivity contribution < 1.29 is 24.2 Å². The molecule has 2 atom stereocenters. The van der Waals surface area contributed by atoms with E-state index in [-0.39, 0.29) is 11.9 Å². The van der Waals surface area contributed by atoms with E-state index in [2.05, 4.69) is 6.07 Å². The molecule has 1 aromatic heterocycles. The van der Waals surface area contributed by atoms with E-state index in [1.54, 1.807) is 17.4 Å². The number of benzene rings is 1. The first-order valence-corrected chi connectivity index (χ1v) is 12.9.